The van der Waals surface area contributed by atoms with Crippen molar-refractivity contribution in [1.82, 2.24) is 13.9 Å². The van der Waals surface area contributed by atoms with Crippen molar-refractivity contribution in [2.75, 3.05) is 27.2 Å². The lowest BCUT2D eigenvalue weighted by molar-refractivity contribution is -0.126. The van der Waals surface area contributed by atoms with Crippen molar-refractivity contribution in [3.63, 3.8) is 0 Å². The van der Waals surface area contributed by atoms with Gasteiger partial charge in [0.15, 0.2) is 0 Å². The summed E-state index contributed by atoms with van der Waals surface area (Å²) in [5.74, 6) is -0.346. The summed E-state index contributed by atoms with van der Waals surface area (Å²) in [6.07, 6.45) is 2.24. The fourth-order valence-corrected chi connectivity index (χ4v) is 4.97. The van der Waals surface area contributed by atoms with Gasteiger partial charge in [-0.2, -0.15) is 17.0 Å². The Morgan fingerprint density at radius 2 is 1.93 bits per heavy atom. The maximum absolute atomic E-state index is 12.7. The third-order valence-corrected chi connectivity index (χ3v) is 7.21. The van der Waals surface area contributed by atoms with Gasteiger partial charge in [0.2, 0.25) is 5.91 Å². The molecule has 1 amide bonds. The number of rotatable bonds is 7. The molecule has 0 aliphatic carbocycles. The van der Waals surface area contributed by atoms with Gasteiger partial charge >= 0.3 is 0 Å². The van der Waals surface area contributed by atoms with Crippen molar-refractivity contribution in [3.8, 4) is 0 Å². The van der Waals surface area contributed by atoms with Crippen LogP contribution in [0.25, 0.3) is 0 Å². The van der Waals surface area contributed by atoms with E-state index < -0.39 is 10.2 Å². The van der Waals surface area contributed by atoms with Gasteiger partial charge in [0.1, 0.15) is 0 Å². The van der Waals surface area contributed by atoms with E-state index in [1.807, 2.05) is 25.1 Å². The van der Waals surface area contributed by atoms with Gasteiger partial charge in [0, 0.05) is 33.2 Å². The second-order valence-electron chi connectivity index (χ2n) is 8.35. The van der Waals surface area contributed by atoms with Crippen LogP contribution in [0.3, 0.4) is 0 Å². The fraction of sp³-hybridized carbons (Fsp3) is 0.650. The van der Waals surface area contributed by atoms with E-state index >= 15 is 0 Å². The summed E-state index contributed by atoms with van der Waals surface area (Å²) >= 11 is 0. The molecule has 2 rings (SSSR count). The maximum atomic E-state index is 12.7. The highest BCUT2D eigenvalue weighted by Gasteiger charge is 2.34. The molecule has 6 nitrogen and oxygen atoms in total. The molecule has 0 unspecified atom stereocenters. The molecule has 0 saturated carbocycles. The molecule has 1 saturated heterocycles. The zero-order valence-corrected chi connectivity index (χ0v) is 17.9. The molecule has 0 radical (unpaired) electrons. The van der Waals surface area contributed by atoms with Gasteiger partial charge in [-0.05, 0) is 37.2 Å². The van der Waals surface area contributed by atoms with E-state index in [4.69, 9.17) is 0 Å². The first-order chi connectivity index (χ1) is 12.5. The van der Waals surface area contributed by atoms with E-state index in [1.54, 1.807) is 0 Å². The summed E-state index contributed by atoms with van der Waals surface area (Å²) in [5, 5.41) is 3.10. The molecular weight excluding hydrogens is 362 g/mol. The second kappa shape index (κ2) is 8.71. The van der Waals surface area contributed by atoms with Crippen LogP contribution in [0.4, 0.5) is 0 Å². The first-order valence-corrected chi connectivity index (χ1v) is 11.0. The minimum atomic E-state index is -3.47. The first kappa shape index (κ1) is 21.9. The minimum Gasteiger partial charge on any atom is -0.353 e. The predicted octanol–water partition coefficient (Wildman–Crippen LogP) is 2.38. The van der Waals surface area contributed by atoms with E-state index in [-0.39, 0.29) is 29.8 Å². The second-order valence-corrected chi connectivity index (χ2v) is 10.5. The Balaban J connectivity index is 1.96. The lowest BCUT2D eigenvalue weighted by Gasteiger charge is -2.34. The molecule has 1 fully saturated rings. The number of amides is 1. The molecule has 2 atom stereocenters. The monoisotopic (exact) mass is 395 g/mol. The highest BCUT2D eigenvalue weighted by Crippen LogP contribution is 2.28. The average molecular weight is 396 g/mol. The zero-order chi connectivity index (χ0) is 20.2. The van der Waals surface area contributed by atoms with Gasteiger partial charge in [0.05, 0.1) is 5.92 Å². The number of hydrogen-bond donors (Lipinski definition) is 1. The number of carbonyl (C=O) groups is 1. The number of carbonyl (C=O) groups excluding carboxylic acids is 1. The van der Waals surface area contributed by atoms with Crippen LogP contribution < -0.4 is 5.32 Å². The van der Waals surface area contributed by atoms with Crippen molar-refractivity contribution >= 4 is 16.1 Å². The number of hydrogen-bond acceptors (Lipinski definition) is 3. The smallest absolute Gasteiger partial charge is 0.281 e. The summed E-state index contributed by atoms with van der Waals surface area (Å²) in [7, 11) is -0.432. The van der Waals surface area contributed by atoms with Crippen molar-refractivity contribution in [2.45, 2.75) is 51.5 Å². The molecule has 7 heteroatoms. The van der Waals surface area contributed by atoms with E-state index in [0.717, 1.165) is 12.8 Å². The van der Waals surface area contributed by atoms with Crippen LogP contribution in [0.2, 0.25) is 0 Å². The van der Waals surface area contributed by atoms with Gasteiger partial charge < -0.3 is 5.32 Å². The molecule has 0 spiro atoms. The summed E-state index contributed by atoms with van der Waals surface area (Å²) in [6.45, 7) is 7.09. The highest BCUT2D eigenvalue weighted by molar-refractivity contribution is 7.86. The van der Waals surface area contributed by atoms with Crippen molar-refractivity contribution < 1.29 is 13.2 Å². The Morgan fingerprint density at radius 3 is 2.52 bits per heavy atom. The molecule has 1 aromatic carbocycles. The van der Waals surface area contributed by atoms with Crippen molar-refractivity contribution in [3.05, 3.63) is 35.9 Å². The van der Waals surface area contributed by atoms with Crippen LogP contribution in [0.15, 0.2) is 30.3 Å². The first-order valence-electron chi connectivity index (χ1n) is 9.57. The maximum Gasteiger partial charge on any atom is 0.281 e. The lowest BCUT2D eigenvalue weighted by atomic mass is 9.79. The fourth-order valence-electron chi connectivity index (χ4n) is 3.78. The molecule has 0 bridgehead atoms. The van der Waals surface area contributed by atoms with E-state index in [2.05, 4.69) is 31.3 Å². The van der Waals surface area contributed by atoms with E-state index in [1.165, 1.54) is 28.3 Å². The number of benzene rings is 1. The minimum absolute atomic E-state index is 0.00791. The topological polar surface area (TPSA) is 69.7 Å². The van der Waals surface area contributed by atoms with Gasteiger partial charge in [-0.1, -0.05) is 44.2 Å². The summed E-state index contributed by atoms with van der Waals surface area (Å²) in [6, 6.07) is 10.3. The van der Waals surface area contributed by atoms with Crippen LogP contribution in [0.1, 0.15) is 45.6 Å². The largest absolute Gasteiger partial charge is 0.353 e. The van der Waals surface area contributed by atoms with Crippen LogP contribution in [-0.2, 0) is 20.4 Å². The van der Waals surface area contributed by atoms with Gasteiger partial charge in [-0.25, -0.2) is 0 Å². The SMILES string of the molecule is C[C@@H](CC(C)(C)c1ccccc1)NC(=O)[C@H]1CCCN(S(=O)(=O)N(C)C)C1. The Bertz CT molecular complexity index is 732. The molecule has 1 aromatic rings. The third-order valence-electron chi connectivity index (χ3n) is 5.30. The highest BCUT2D eigenvalue weighted by atomic mass is 32.2. The van der Waals surface area contributed by atoms with E-state index in [0.29, 0.717) is 13.0 Å². The lowest BCUT2D eigenvalue weighted by Crippen LogP contribution is -2.50. The van der Waals surface area contributed by atoms with Gasteiger partial charge in [0.25, 0.3) is 10.2 Å². The summed E-state index contributed by atoms with van der Waals surface area (Å²) in [5.41, 5.74) is 1.19. The Kier molecular flexibility index (Phi) is 7.05. The molecule has 152 valence electrons. The molecule has 0 aromatic heterocycles. The van der Waals surface area contributed by atoms with Crippen molar-refractivity contribution in [1.29, 1.82) is 0 Å². The number of nitrogens with zero attached hydrogens (tertiary/aromatic N) is 2. The average Bonchev–Trinajstić information content (AvgIpc) is 2.61. The normalized spacial score (nSPS) is 20.4. The van der Waals surface area contributed by atoms with Crippen LogP contribution >= 0.6 is 0 Å². The summed E-state index contributed by atoms with van der Waals surface area (Å²) < 4.78 is 27.3. The van der Waals surface area contributed by atoms with Crippen molar-refractivity contribution in [2.24, 2.45) is 5.92 Å². The Labute approximate surface area is 164 Å². The quantitative estimate of drug-likeness (QED) is 0.771. The molecular formula is C20H33N3O3S. The van der Waals surface area contributed by atoms with E-state index in [9.17, 15) is 13.2 Å². The molecule has 1 aliphatic rings. The van der Waals surface area contributed by atoms with Crippen LogP contribution in [-0.4, -0.2) is 56.2 Å². The van der Waals surface area contributed by atoms with Gasteiger partial charge in [-0.15, -0.1) is 0 Å². The van der Waals surface area contributed by atoms with Crippen LogP contribution in [0, 0.1) is 5.92 Å². The predicted molar refractivity (Wildman–Crippen MR) is 109 cm³/mol. The number of nitrogens with one attached hydrogen (secondary N) is 1. The third kappa shape index (κ3) is 5.53. The zero-order valence-electron chi connectivity index (χ0n) is 17.1. The number of piperidine rings is 1. The molecule has 1 N–H and O–H groups in total. The Hall–Kier alpha value is -1.44. The van der Waals surface area contributed by atoms with Crippen LogP contribution in [0.5, 0.6) is 0 Å². The standard InChI is InChI=1S/C20H33N3O3S/c1-16(14-20(2,3)18-11-7-6-8-12-18)21-19(24)17-10-9-13-23(15-17)27(25,26)22(4)5/h6-8,11-12,16-17H,9-10,13-15H2,1-5H3,(H,21,24)/t16-,17-/m0/s1. The molecule has 1 aliphatic heterocycles. The summed E-state index contributed by atoms with van der Waals surface area (Å²) in [4.78, 5) is 12.7. The Morgan fingerprint density at radius 1 is 1.30 bits per heavy atom. The molecule has 27 heavy (non-hydrogen) atoms. The molecule has 1 heterocycles. The van der Waals surface area contributed by atoms with Gasteiger partial charge in [-0.3, -0.25) is 4.79 Å².